The van der Waals surface area contributed by atoms with Gasteiger partial charge in [-0.1, -0.05) is 12.1 Å². The minimum atomic E-state index is -0.0445. The predicted molar refractivity (Wildman–Crippen MR) is 119 cm³/mol. The largest absolute Gasteiger partial charge is 0.356 e. The topological polar surface area (TPSA) is 78.4 Å². The van der Waals surface area contributed by atoms with Gasteiger partial charge in [0.2, 0.25) is 0 Å². The van der Waals surface area contributed by atoms with Gasteiger partial charge in [0.15, 0.2) is 5.96 Å². The van der Waals surface area contributed by atoms with Crippen LogP contribution in [0.25, 0.3) is 0 Å². The fourth-order valence-corrected chi connectivity index (χ4v) is 3.03. The molecule has 0 fully saturated rings. The van der Waals surface area contributed by atoms with E-state index in [9.17, 15) is 4.79 Å². The summed E-state index contributed by atoms with van der Waals surface area (Å²) >= 11 is 1.72. The maximum Gasteiger partial charge on any atom is 0.251 e. The number of nitrogens with one attached hydrogen (secondary N) is 3. The first-order valence-corrected chi connectivity index (χ1v) is 9.17. The summed E-state index contributed by atoms with van der Waals surface area (Å²) in [6, 6.07) is 7.57. The van der Waals surface area contributed by atoms with Crippen molar-refractivity contribution in [2.75, 3.05) is 20.1 Å². The predicted octanol–water partition coefficient (Wildman–Crippen LogP) is 2.73. The van der Waals surface area contributed by atoms with Crippen molar-refractivity contribution in [2.24, 2.45) is 4.99 Å². The smallest absolute Gasteiger partial charge is 0.251 e. The fourth-order valence-electron chi connectivity index (χ4n) is 2.25. The number of rotatable bonds is 7. The average Bonchev–Trinajstić information content (AvgIpc) is 3.04. The number of halogens is 1. The number of amides is 1. The number of nitrogens with zero attached hydrogens (tertiary/aromatic N) is 2. The Kier molecular flexibility index (Phi) is 10.2. The van der Waals surface area contributed by atoms with E-state index in [1.165, 1.54) is 4.88 Å². The highest BCUT2D eigenvalue weighted by Gasteiger charge is 2.04. The molecule has 1 amide bonds. The lowest BCUT2D eigenvalue weighted by atomic mass is 10.1. The molecule has 142 valence electrons. The van der Waals surface area contributed by atoms with E-state index in [2.05, 4.69) is 32.9 Å². The molecule has 2 aromatic rings. The van der Waals surface area contributed by atoms with Gasteiger partial charge in [-0.3, -0.25) is 9.79 Å². The summed E-state index contributed by atoms with van der Waals surface area (Å²) in [5.74, 6) is 0.706. The van der Waals surface area contributed by atoms with Crippen LogP contribution in [0.3, 0.4) is 0 Å². The summed E-state index contributed by atoms with van der Waals surface area (Å²) in [6.45, 7) is 6.02. The first-order chi connectivity index (χ1) is 12.1. The van der Waals surface area contributed by atoms with Crippen molar-refractivity contribution in [3.05, 3.63) is 51.5 Å². The van der Waals surface area contributed by atoms with Crippen molar-refractivity contribution < 1.29 is 4.79 Å². The van der Waals surface area contributed by atoms with Gasteiger partial charge in [-0.2, -0.15) is 0 Å². The number of aromatic nitrogens is 1. The Labute approximate surface area is 175 Å². The molecule has 0 saturated heterocycles. The van der Waals surface area contributed by atoms with Crippen molar-refractivity contribution >= 4 is 47.2 Å². The van der Waals surface area contributed by atoms with Crippen LogP contribution >= 0.6 is 35.3 Å². The van der Waals surface area contributed by atoms with Gasteiger partial charge >= 0.3 is 0 Å². The Bertz CT molecular complexity index is 715. The number of hydrogen-bond donors (Lipinski definition) is 3. The van der Waals surface area contributed by atoms with Crippen LogP contribution in [0.15, 0.2) is 35.5 Å². The Balaban J connectivity index is 0.00000338. The number of guanidine groups is 1. The van der Waals surface area contributed by atoms with Gasteiger partial charge in [-0.25, -0.2) is 4.98 Å². The number of aliphatic imine (C=N–C) groups is 1. The van der Waals surface area contributed by atoms with E-state index >= 15 is 0 Å². The van der Waals surface area contributed by atoms with Crippen molar-refractivity contribution in [1.29, 1.82) is 0 Å². The zero-order chi connectivity index (χ0) is 18.1. The number of carbonyl (C=O) groups is 1. The molecular formula is C18H26IN5OS. The highest BCUT2D eigenvalue weighted by atomic mass is 127. The SMILES string of the molecule is CCNC(=O)c1ccc(CNC(=NC)NCCc2ncc(C)s2)cc1.I. The second-order valence-electron chi connectivity index (χ2n) is 5.52. The van der Waals surface area contributed by atoms with Crippen LogP contribution in [0.4, 0.5) is 0 Å². The van der Waals surface area contributed by atoms with E-state index in [1.807, 2.05) is 37.4 Å². The third-order valence-electron chi connectivity index (χ3n) is 3.54. The molecule has 0 unspecified atom stereocenters. The van der Waals surface area contributed by atoms with Gasteiger partial charge in [0.05, 0.1) is 5.01 Å². The highest BCUT2D eigenvalue weighted by Crippen LogP contribution is 2.10. The van der Waals surface area contributed by atoms with Crippen LogP contribution in [0, 0.1) is 6.92 Å². The molecule has 3 N–H and O–H groups in total. The number of thiazole rings is 1. The second kappa shape index (κ2) is 11.8. The Hall–Kier alpha value is -1.68. The first-order valence-electron chi connectivity index (χ1n) is 8.35. The van der Waals surface area contributed by atoms with Gasteiger partial charge in [0.25, 0.3) is 5.91 Å². The summed E-state index contributed by atoms with van der Waals surface area (Å²) in [5.41, 5.74) is 1.76. The number of aryl methyl sites for hydroxylation is 1. The average molecular weight is 487 g/mol. The zero-order valence-corrected chi connectivity index (χ0v) is 18.5. The number of benzene rings is 1. The van der Waals surface area contributed by atoms with Gasteiger partial charge in [0.1, 0.15) is 0 Å². The fraction of sp³-hybridized carbons (Fsp3) is 0.389. The van der Waals surface area contributed by atoms with Crippen molar-refractivity contribution in [1.82, 2.24) is 20.9 Å². The van der Waals surface area contributed by atoms with E-state index in [0.717, 1.165) is 29.5 Å². The third-order valence-corrected chi connectivity index (χ3v) is 4.51. The molecule has 1 aromatic carbocycles. The Morgan fingerprint density at radius 1 is 1.19 bits per heavy atom. The Morgan fingerprint density at radius 2 is 1.92 bits per heavy atom. The van der Waals surface area contributed by atoms with Crippen molar-refractivity contribution in [2.45, 2.75) is 26.8 Å². The molecule has 8 heteroatoms. The van der Waals surface area contributed by atoms with Crippen LogP contribution in [0.1, 0.15) is 32.7 Å². The molecule has 0 atom stereocenters. The molecule has 0 radical (unpaired) electrons. The van der Waals surface area contributed by atoms with E-state index < -0.39 is 0 Å². The maximum atomic E-state index is 11.7. The zero-order valence-electron chi connectivity index (χ0n) is 15.3. The molecule has 0 aliphatic rings. The van der Waals surface area contributed by atoms with Crippen molar-refractivity contribution in [3.63, 3.8) is 0 Å². The molecule has 0 bridgehead atoms. The molecule has 1 aromatic heterocycles. The quantitative estimate of drug-likeness (QED) is 0.319. The van der Waals surface area contributed by atoms with E-state index in [0.29, 0.717) is 18.7 Å². The summed E-state index contributed by atoms with van der Waals surface area (Å²) in [5, 5.41) is 10.5. The molecular weight excluding hydrogens is 461 g/mol. The Morgan fingerprint density at radius 3 is 2.50 bits per heavy atom. The molecule has 1 heterocycles. The number of hydrogen-bond acceptors (Lipinski definition) is 4. The highest BCUT2D eigenvalue weighted by molar-refractivity contribution is 14.0. The van der Waals surface area contributed by atoms with Gasteiger partial charge < -0.3 is 16.0 Å². The molecule has 0 aliphatic heterocycles. The van der Waals surface area contributed by atoms with E-state index in [-0.39, 0.29) is 29.9 Å². The summed E-state index contributed by atoms with van der Waals surface area (Å²) in [6.07, 6.45) is 2.78. The summed E-state index contributed by atoms with van der Waals surface area (Å²) in [4.78, 5) is 21.6. The molecule has 0 aliphatic carbocycles. The molecule has 2 rings (SSSR count). The minimum absolute atomic E-state index is 0. The van der Waals surface area contributed by atoms with Gasteiger partial charge in [-0.15, -0.1) is 35.3 Å². The van der Waals surface area contributed by atoms with Crippen LogP contribution in [-0.4, -0.2) is 37.0 Å². The second-order valence-corrected chi connectivity index (χ2v) is 6.84. The van der Waals surface area contributed by atoms with Gasteiger partial charge in [0, 0.05) is 49.7 Å². The van der Waals surface area contributed by atoms with E-state index in [4.69, 9.17) is 0 Å². The third kappa shape index (κ3) is 7.28. The molecule has 6 nitrogen and oxygen atoms in total. The monoisotopic (exact) mass is 487 g/mol. The van der Waals surface area contributed by atoms with Crippen LogP contribution in [0.2, 0.25) is 0 Å². The molecule has 26 heavy (non-hydrogen) atoms. The standard InChI is InChI=1S/C18H25N5OS.HI/c1-4-20-17(24)15-7-5-14(6-8-15)12-23-18(19-3)21-10-9-16-22-11-13(2)25-16;/h5-8,11H,4,9-10,12H2,1-3H3,(H,20,24)(H2,19,21,23);1H. The normalized spacial score (nSPS) is 10.8. The van der Waals surface area contributed by atoms with E-state index in [1.54, 1.807) is 18.4 Å². The summed E-state index contributed by atoms with van der Waals surface area (Å²) in [7, 11) is 1.75. The minimum Gasteiger partial charge on any atom is -0.356 e. The molecule has 0 spiro atoms. The van der Waals surface area contributed by atoms with Crippen molar-refractivity contribution in [3.8, 4) is 0 Å². The van der Waals surface area contributed by atoms with Gasteiger partial charge in [-0.05, 0) is 31.5 Å². The lowest BCUT2D eigenvalue weighted by Crippen LogP contribution is -2.37. The number of carbonyl (C=O) groups excluding carboxylic acids is 1. The lowest BCUT2D eigenvalue weighted by molar-refractivity contribution is 0.0956. The van der Waals surface area contributed by atoms with Crippen LogP contribution < -0.4 is 16.0 Å². The first kappa shape index (κ1) is 22.4. The maximum absolute atomic E-state index is 11.7. The van der Waals surface area contributed by atoms with Crippen LogP contribution in [0.5, 0.6) is 0 Å². The summed E-state index contributed by atoms with van der Waals surface area (Å²) < 4.78 is 0. The lowest BCUT2D eigenvalue weighted by Gasteiger charge is -2.11. The molecule has 0 saturated carbocycles. The van der Waals surface area contributed by atoms with Crippen LogP contribution in [-0.2, 0) is 13.0 Å².